The molecule has 0 atom stereocenters. The Hall–Kier alpha value is -3.64. The number of aryl methyl sites for hydroxylation is 1. The second kappa shape index (κ2) is 8.20. The molecule has 2 fully saturated rings. The van der Waals surface area contributed by atoms with Crippen molar-refractivity contribution < 1.29 is 9.59 Å². The van der Waals surface area contributed by atoms with E-state index < -0.39 is 0 Å². The molecule has 0 spiro atoms. The van der Waals surface area contributed by atoms with Crippen LogP contribution < -0.4 is 4.90 Å². The number of fused-ring (bicyclic) bond motifs is 2. The molecule has 1 aliphatic carbocycles. The molecule has 7 rings (SSSR count). The summed E-state index contributed by atoms with van der Waals surface area (Å²) in [6.45, 7) is 3.46. The topological polar surface area (TPSA) is 50.5 Å². The number of hydrogen-bond donors (Lipinski definition) is 0. The molecule has 2 amide bonds. The second-order valence-electron chi connectivity index (χ2n) is 10.6. The Labute approximate surface area is 210 Å². The van der Waals surface area contributed by atoms with E-state index in [0.29, 0.717) is 17.3 Å². The van der Waals surface area contributed by atoms with Gasteiger partial charge in [-0.05, 0) is 43.7 Å². The lowest BCUT2D eigenvalue weighted by Gasteiger charge is -2.33. The third-order valence-electron chi connectivity index (χ3n) is 8.23. The van der Waals surface area contributed by atoms with Gasteiger partial charge in [0.2, 0.25) is 0 Å². The van der Waals surface area contributed by atoms with E-state index in [-0.39, 0.29) is 11.8 Å². The van der Waals surface area contributed by atoms with Crippen LogP contribution in [-0.2, 0) is 16.6 Å². The Morgan fingerprint density at radius 2 is 1.53 bits per heavy atom. The van der Waals surface area contributed by atoms with Gasteiger partial charge in [0.05, 0.1) is 16.8 Å². The van der Waals surface area contributed by atoms with Crippen LogP contribution in [0.4, 0.5) is 5.69 Å². The summed E-state index contributed by atoms with van der Waals surface area (Å²) in [6, 6.07) is 16.5. The van der Waals surface area contributed by atoms with E-state index in [2.05, 4.69) is 15.5 Å². The van der Waals surface area contributed by atoms with Crippen molar-refractivity contribution in [2.75, 3.05) is 24.5 Å². The van der Waals surface area contributed by atoms with Crippen LogP contribution in [0.5, 0.6) is 0 Å². The van der Waals surface area contributed by atoms with Crippen molar-refractivity contribution >= 4 is 44.9 Å². The van der Waals surface area contributed by atoms with E-state index in [1.54, 1.807) is 0 Å². The number of nitrogens with zero attached hydrogens (tertiary/aromatic N) is 4. The van der Waals surface area contributed by atoms with E-state index in [9.17, 15) is 9.59 Å². The number of rotatable bonds is 5. The molecule has 3 aliphatic rings. The number of hydrogen-bond acceptors (Lipinski definition) is 3. The zero-order valence-electron chi connectivity index (χ0n) is 20.6. The maximum Gasteiger partial charge on any atom is 0.266 e. The van der Waals surface area contributed by atoms with Crippen molar-refractivity contribution in [3.63, 3.8) is 0 Å². The molecule has 4 heterocycles. The summed E-state index contributed by atoms with van der Waals surface area (Å²) in [5.74, 6) is 0.389. The molecule has 36 heavy (non-hydrogen) atoms. The van der Waals surface area contributed by atoms with Crippen molar-refractivity contribution in [1.82, 2.24) is 14.0 Å². The van der Waals surface area contributed by atoms with Gasteiger partial charge in [0.15, 0.2) is 0 Å². The summed E-state index contributed by atoms with van der Waals surface area (Å²) in [4.78, 5) is 31.0. The number of carbonyl (C=O) groups is 2. The summed E-state index contributed by atoms with van der Waals surface area (Å²) < 4.78 is 4.32. The number of likely N-dealkylation sites (tertiary alicyclic amines) is 1. The first-order chi connectivity index (χ1) is 17.6. The predicted molar refractivity (Wildman–Crippen MR) is 143 cm³/mol. The standard InChI is InChI=1S/C30H30N4O2/c1-31-18-25(22-6-2-4-8-26(22)31)24-16-29(35)34(30(24)36)28-19-33(27-9-5-3-7-23(27)28)21-12-14-32(15-13-21)17-20-10-11-20/h2-9,16,18-21H,10-15,17H2,1H3. The van der Waals surface area contributed by atoms with Crippen molar-refractivity contribution in [1.29, 1.82) is 0 Å². The molecule has 0 N–H and O–H groups in total. The van der Waals surface area contributed by atoms with E-state index >= 15 is 0 Å². The van der Waals surface area contributed by atoms with Crippen molar-refractivity contribution in [2.24, 2.45) is 13.0 Å². The third kappa shape index (κ3) is 3.43. The number of amides is 2. The monoisotopic (exact) mass is 478 g/mol. The minimum Gasteiger partial charge on any atom is -0.350 e. The molecule has 0 radical (unpaired) electrons. The van der Waals surface area contributed by atoms with Gasteiger partial charge in [0.25, 0.3) is 11.8 Å². The van der Waals surface area contributed by atoms with Gasteiger partial charge in [-0.3, -0.25) is 9.59 Å². The minimum absolute atomic E-state index is 0.251. The van der Waals surface area contributed by atoms with E-state index in [4.69, 9.17) is 0 Å². The molecule has 0 unspecified atom stereocenters. The van der Waals surface area contributed by atoms with Crippen molar-refractivity contribution in [3.8, 4) is 0 Å². The fourth-order valence-corrected chi connectivity index (χ4v) is 6.16. The van der Waals surface area contributed by atoms with E-state index in [0.717, 1.165) is 59.2 Å². The van der Waals surface area contributed by atoms with Crippen LogP contribution in [0.15, 0.2) is 67.0 Å². The largest absolute Gasteiger partial charge is 0.350 e. The lowest BCUT2D eigenvalue weighted by atomic mass is 10.0. The number of benzene rings is 2. The number of piperidine rings is 1. The molecule has 4 aromatic rings. The molecular formula is C30H30N4O2. The van der Waals surface area contributed by atoms with Gasteiger partial charge in [0, 0.05) is 73.0 Å². The lowest BCUT2D eigenvalue weighted by Crippen LogP contribution is -2.35. The van der Waals surface area contributed by atoms with Gasteiger partial charge in [-0.1, -0.05) is 36.4 Å². The highest BCUT2D eigenvalue weighted by atomic mass is 16.2. The second-order valence-corrected chi connectivity index (χ2v) is 10.6. The summed E-state index contributed by atoms with van der Waals surface area (Å²) in [5, 5.41) is 1.93. The first-order valence-corrected chi connectivity index (χ1v) is 13.0. The van der Waals surface area contributed by atoms with Gasteiger partial charge in [-0.15, -0.1) is 0 Å². The van der Waals surface area contributed by atoms with E-state index in [1.165, 1.54) is 30.4 Å². The number of aromatic nitrogens is 2. The average molecular weight is 479 g/mol. The van der Waals surface area contributed by atoms with Gasteiger partial charge in [0.1, 0.15) is 0 Å². The smallest absolute Gasteiger partial charge is 0.266 e. The first kappa shape index (κ1) is 21.6. The van der Waals surface area contributed by atoms with Crippen LogP contribution in [0.3, 0.4) is 0 Å². The van der Waals surface area contributed by atoms with Crippen molar-refractivity contribution in [2.45, 2.75) is 31.7 Å². The summed E-state index contributed by atoms with van der Waals surface area (Å²) in [7, 11) is 1.97. The molecule has 1 saturated carbocycles. The zero-order chi connectivity index (χ0) is 24.4. The first-order valence-electron chi connectivity index (χ1n) is 13.0. The maximum absolute atomic E-state index is 13.8. The molecule has 0 bridgehead atoms. The number of imide groups is 1. The Balaban J connectivity index is 1.23. The molecule has 6 heteroatoms. The van der Waals surface area contributed by atoms with E-state index in [1.807, 2.05) is 66.5 Å². The van der Waals surface area contributed by atoms with Crippen LogP contribution in [0, 0.1) is 5.92 Å². The summed E-state index contributed by atoms with van der Waals surface area (Å²) in [5.41, 5.74) is 4.08. The molecule has 2 aliphatic heterocycles. The maximum atomic E-state index is 13.8. The fraction of sp³-hybridized carbons (Fsp3) is 0.333. The van der Waals surface area contributed by atoms with Crippen molar-refractivity contribution in [3.05, 3.63) is 72.6 Å². The number of anilines is 1. The molecule has 2 aromatic carbocycles. The zero-order valence-corrected chi connectivity index (χ0v) is 20.6. The van der Waals surface area contributed by atoms with Gasteiger partial charge in [-0.2, -0.15) is 0 Å². The molecule has 6 nitrogen and oxygen atoms in total. The Kier molecular flexibility index (Phi) is 4.93. The number of carbonyl (C=O) groups excluding carboxylic acids is 2. The molecule has 1 saturated heterocycles. The average Bonchev–Trinajstić information content (AvgIpc) is 3.45. The SMILES string of the molecule is Cn1cc(C2=CC(=O)N(c3cn(C4CCN(CC5CC5)CC4)c4ccccc34)C2=O)c2ccccc21. The van der Waals surface area contributed by atoms with Crippen LogP contribution in [-0.4, -0.2) is 45.5 Å². The Morgan fingerprint density at radius 3 is 2.28 bits per heavy atom. The summed E-state index contributed by atoms with van der Waals surface area (Å²) >= 11 is 0. The summed E-state index contributed by atoms with van der Waals surface area (Å²) in [6.07, 6.45) is 10.5. The van der Waals surface area contributed by atoms with Gasteiger partial charge >= 0.3 is 0 Å². The van der Waals surface area contributed by atoms with Crippen LogP contribution in [0.2, 0.25) is 0 Å². The fourth-order valence-electron chi connectivity index (χ4n) is 6.16. The predicted octanol–water partition coefficient (Wildman–Crippen LogP) is 5.14. The quantitative estimate of drug-likeness (QED) is 0.374. The highest BCUT2D eigenvalue weighted by Crippen LogP contribution is 2.39. The third-order valence-corrected chi connectivity index (χ3v) is 8.23. The van der Waals surface area contributed by atoms with Gasteiger partial charge in [-0.25, -0.2) is 4.90 Å². The molecule has 182 valence electrons. The Morgan fingerprint density at radius 1 is 0.833 bits per heavy atom. The van der Waals surface area contributed by atoms with Crippen LogP contribution >= 0.6 is 0 Å². The minimum atomic E-state index is -0.273. The highest BCUT2D eigenvalue weighted by molar-refractivity contribution is 6.45. The van der Waals surface area contributed by atoms with Gasteiger partial charge < -0.3 is 14.0 Å². The molecule has 2 aromatic heterocycles. The van der Waals surface area contributed by atoms with Crippen LogP contribution in [0.25, 0.3) is 27.4 Å². The molecular weight excluding hydrogens is 448 g/mol. The normalized spacial score (nSPS) is 19.7. The highest BCUT2D eigenvalue weighted by Gasteiger charge is 2.37. The lowest BCUT2D eigenvalue weighted by molar-refractivity contribution is -0.119. The van der Waals surface area contributed by atoms with Crippen LogP contribution in [0.1, 0.15) is 37.3 Å². The Bertz CT molecular complexity index is 1550. The number of para-hydroxylation sites is 2.